The smallest absolute Gasteiger partial charge is 0.251 e. The van der Waals surface area contributed by atoms with E-state index in [9.17, 15) is 14.7 Å². The number of anilines is 2. The summed E-state index contributed by atoms with van der Waals surface area (Å²) in [6.45, 7) is 5.52. The van der Waals surface area contributed by atoms with E-state index in [1.807, 2.05) is 37.8 Å². The number of aliphatic hydroxyl groups excluding tert-OH is 1. The topological polar surface area (TPSA) is 122 Å². The molecule has 3 rings (SSSR count). The summed E-state index contributed by atoms with van der Waals surface area (Å²) in [4.78, 5) is 26.2. The van der Waals surface area contributed by atoms with E-state index >= 15 is 0 Å². The normalized spacial score (nSPS) is 14.8. The highest BCUT2D eigenvalue weighted by Crippen LogP contribution is 2.36. The number of hydrogen-bond donors (Lipinski definition) is 4. The molecule has 0 bridgehead atoms. The maximum atomic E-state index is 12.6. The van der Waals surface area contributed by atoms with Crippen molar-refractivity contribution in [3.05, 3.63) is 59.2 Å². The highest BCUT2D eigenvalue weighted by atomic mass is 16.3. The van der Waals surface area contributed by atoms with Crippen LogP contribution in [0.2, 0.25) is 0 Å². The predicted octanol–water partition coefficient (Wildman–Crippen LogP) is 2.43. The molecule has 1 aliphatic rings. The van der Waals surface area contributed by atoms with Gasteiger partial charge in [-0.2, -0.15) is 0 Å². The van der Waals surface area contributed by atoms with Crippen molar-refractivity contribution in [3.63, 3.8) is 0 Å². The minimum atomic E-state index is -0.665. The number of nitrogens with two attached hydrogens (primary N) is 2. The lowest BCUT2D eigenvalue weighted by Gasteiger charge is -2.41. The molecule has 1 atom stereocenters. The molecule has 30 heavy (non-hydrogen) atoms. The van der Waals surface area contributed by atoms with Crippen LogP contribution in [-0.2, 0) is 0 Å². The van der Waals surface area contributed by atoms with Crippen molar-refractivity contribution in [2.24, 2.45) is 16.9 Å². The summed E-state index contributed by atoms with van der Waals surface area (Å²) in [7, 11) is 0. The summed E-state index contributed by atoms with van der Waals surface area (Å²) in [6.07, 6.45) is 1.38. The van der Waals surface area contributed by atoms with E-state index in [-0.39, 0.29) is 18.6 Å². The number of benzene rings is 2. The predicted molar refractivity (Wildman–Crippen MR) is 118 cm³/mol. The minimum absolute atomic E-state index is 0.125. The first-order valence-electron chi connectivity index (χ1n) is 10.1. The Labute approximate surface area is 177 Å². The molecule has 1 fully saturated rings. The second kappa shape index (κ2) is 8.45. The SMILES string of the molecule is Cc1ccc(C(=O)NC2CC2)cc1N(c1cccc(C(N)=O)c1)C(N)C(C)(C)CO. The molecule has 1 saturated carbocycles. The van der Waals surface area contributed by atoms with Crippen LogP contribution in [0.15, 0.2) is 42.5 Å². The highest BCUT2D eigenvalue weighted by molar-refractivity contribution is 5.96. The van der Waals surface area contributed by atoms with Crippen molar-refractivity contribution < 1.29 is 14.7 Å². The average molecular weight is 411 g/mol. The van der Waals surface area contributed by atoms with Crippen molar-refractivity contribution in [1.29, 1.82) is 0 Å². The van der Waals surface area contributed by atoms with Gasteiger partial charge in [0.2, 0.25) is 5.91 Å². The van der Waals surface area contributed by atoms with Crippen LogP contribution >= 0.6 is 0 Å². The Morgan fingerprint density at radius 3 is 2.50 bits per heavy atom. The Morgan fingerprint density at radius 2 is 1.90 bits per heavy atom. The van der Waals surface area contributed by atoms with Gasteiger partial charge in [0.15, 0.2) is 0 Å². The number of nitrogens with zero attached hydrogens (tertiary/aromatic N) is 1. The van der Waals surface area contributed by atoms with Crippen LogP contribution in [0.4, 0.5) is 11.4 Å². The molecular weight excluding hydrogens is 380 g/mol. The zero-order valence-electron chi connectivity index (χ0n) is 17.7. The standard InChI is InChI=1S/C23H30N4O3/c1-14-7-8-16(21(30)26-17-9-10-17)12-19(14)27(22(25)23(2,3)13-28)18-6-4-5-15(11-18)20(24)29/h4-8,11-12,17,22,28H,9-10,13,25H2,1-3H3,(H2,24,29)(H,26,30). The van der Waals surface area contributed by atoms with Crippen LogP contribution in [-0.4, -0.2) is 35.7 Å². The van der Waals surface area contributed by atoms with E-state index in [2.05, 4.69) is 5.32 Å². The fourth-order valence-electron chi connectivity index (χ4n) is 3.21. The minimum Gasteiger partial charge on any atom is -0.396 e. The van der Waals surface area contributed by atoms with Gasteiger partial charge < -0.3 is 26.8 Å². The van der Waals surface area contributed by atoms with Gasteiger partial charge in [0.1, 0.15) is 0 Å². The number of carbonyl (C=O) groups is 2. The molecular formula is C23H30N4O3. The quantitative estimate of drug-likeness (QED) is 0.498. The molecule has 2 aromatic carbocycles. The Hall–Kier alpha value is -2.90. The number of primary amides is 1. The Morgan fingerprint density at radius 1 is 1.20 bits per heavy atom. The number of rotatable bonds is 8. The molecule has 0 saturated heterocycles. The van der Waals surface area contributed by atoms with Gasteiger partial charge in [-0.05, 0) is 55.7 Å². The third-order valence-corrected chi connectivity index (χ3v) is 5.54. The molecule has 0 aromatic heterocycles. The van der Waals surface area contributed by atoms with Crippen molar-refractivity contribution in [2.45, 2.75) is 45.8 Å². The summed E-state index contributed by atoms with van der Waals surface area (Å²) in [5.74, 6) is -0.666. The molecule has 2 aromatic rings. The van der Waals surface area contributed by atoms with Crippen molar-refractivity contribution in [2.75, 3.05) is 11.5 Å². The lowest BCUT2D eigenvalue weighted by atomic mass is 9.89. The van der Waals surface area contributed by atoms with E-state index in [0.29, 0.717) is 16.8 Å². The summed E-state index contributed by atoms with van der Waals surface area (Å²) < 4.78 is 0. The van der Waals surface area contributed by atoms with Crippen LogP contribution in [0.1, 0.15) is 53.0 Å². The average Bonchev–Trinajstić information content (AvgIpc) is 3.53. The van der Waals surface area contributed by atoms with Gasteiger partial charge in [-0.25, -0.2) is 0 Å². The third kappa shape index (κ3) is 4.63. The third-order valence-electron chi connectivity index (χ3n) is 5.54. The number of aliphatic hydroxyl groups is 1. The summed E-state index contributed by atoms with van der Waals surface area (Å²) >= 11 is 0. The first-order chi connectivity index (χ1) is 14.1. The Balaban J connectivity index is 2.11. The molecule has 0 aliphatic heterocycles. The first-order valence-corrected chi connectivity index (χ1v) is 10.1. The molecule has 160 valence electrons. The molecule has 0 heterocycles. The molecule has 7 heteroatoms. The van der Waals surface area contributed by atoms with Crippen LogP contribution in [0.25, 0.3) is 0 Å². The number of hydrogen-bond acceptors (Lipinski definition) is 5. The van der Waals surface area contributed by atoms with Gasteiger partial charge in [-0.1, -0.05) is 26.0 Å². The summed E-state index contributed by atoms with van der Waals surface area (Å²) in [6, 6.07) is 12.6. The van der Waals surface area contributed by atoms with Gasteiger partial charge in [-0.15, -0.1) is 0 Å². The zero-order chi connectivity index (χ0) is 22.1. The van der Waals surface area contributed by atoms with Gasteiger partial charge in [0.05, 0.1) is 12.8 Å². The van der Waals surface area contributed by atoms with Gasteiger partial charge in [0, 0.05) is 34.0 Å². The second-order valence-corrected chi connectivity index (χ2v) is 8.63. The molecule has 0 spiro atoms. The first kappa shape index (κ1) is 21.8. The van der Waals surface area contributed by atoms with Gasteiger partial charge >= 0.3 is 0 Å². The van der Waals surface area contributed by atoms with Gasteiger partial charge in [-0.3, -0.25) is 9.59 Å². The van der Waals surface area contributed by atoms with Crippen LogP contribution in [0.5, 0.6) is 0 Å². The summed E-state index contributed by atoms with van der Waals surface area (Å²) in [5.41, 5.74) is 14.6. The lowest BCUT2D eigenvalue weighted by molar-refractivity contribution is 0.0949. The molecule has 6 N–H and O–H groups in total. The molecule has 7 nitrogen and oxygen atoms in total. The largest absolute Gasteiger partial charge is 0.396 e. The molecule has 1 unspecified atom stereocenters. The Kier molecular flexibility index (Phi) is 6.14. The van der Waals surface area contributed by atoms with Crippen LogP contribution < -0.4 is 21.7 Å². The Bertz CT molecular complexity index is 953. The van der Waals surface area contributed by atoms with E-state index in [1.165, 1.54) is 0 Å². The zero-order valence-corrected chi connectivity index (χ0v) is 17.7. The fraction of sp³-hybridized carbons (Fsp3) is 0.391. The van der Waals surface area contributed by atoms with E-state index in [1.54, 1.807) is 30.3 Å². The number of aryl methyl sites for hydroxylation is 1. The maximum Gasteiger partial charge on any atom is 0.251 e. The van der Waals surface area contributed by atoms with E-state index < -0.39 is 17.5 Å². The second-order valence-electron chi connectivity index (χ2n) is 8.63. The summed E-state index contributed by atoms with van der Waals surface area (Å²) in [5, 5.41) is 12.9. The monoisotopic (exact) mass is 410 g/mol. The molecule has 2 amide bonds. The van der Waals surface area contributed by atoms with Crippen molar-refractivity contribution in [3.8, 4) is 0 Å². The van der Waals surface area contributed by atoms with E-state index in [0.717, 1.165) is 24.1 Å². The lowest BCUT2D eigenvalue weighted by Crippen LogP contribution is -2.51. The number of amides is 2. The highest BCUT2D eigenvalue weighted by Gasteiger charge is 2.33. The van der Waals surface area contributed by atoms with Crippen molar-refractivity contribution >= 4 is 23.2 Å². The fourth-order valence-corrected chi connectivity index (χ4v) is 3.21. The van der Waals surface area contributed by atoms with Crippen LogP contribution in [0.3, 0.4) is 0 Å². The molecule has 1 aliphatic carbocycles. The van der Waals surface area contributed by atoms with Gasteiger partial charge in [0.25, 0.3) is 5.91 Å². The number of nitrogens with one attached hydrogen (secondary N) is 1. The maximum absolute atomic E-state index is 12.6. The van der Waals surface area contributed by atoms with Crippen LogP contribution in [0, 0.1) is 12.3 Å². The van der Waals surface area contributed by atoms with E-state index in [4.69, 9.17) is 11.5 Å². The number of carbonyl (C=O) groups excluding carboxylic acids is 2. The molecule has 0 radical (unpaired) electrons. The van der Waals surface area contributed by atoms with Crippen molar-refractivity contribution in [1.82, 2.24) is 5.32 Å².